The Morgan fingerprint density at radius 2 is 1.30 bits per heavy atom. The van der Waals surface area contributed by atoms with E-state index in [0.717, 1.165) is 64.3 Å². The monoisotopic (exact) mass is 288 g/mol. The van der Waals surface area contributed by atoms with Gasteiger partial charge in [0.2, 0.25) is 0 Å². The molecule has 2 unspecified atom stereocenters. The predicted molar refractivity (Wildman–Crippen MR) is 86.7 cm³/mol. The highest BCUT2D eigenvalue weighted by atomic mass is 15.0. The van der Waals surface area contributed by atoms with Gasteiger partial charge in [0.1, 0.15) is 0 Å². The second kappa shape index (κ2) is 13.7. The lowest BCUT2D eigenvalue weighted by atomic mass is 10.0. The average molecular weight is 288 g/mol. The van der Waals surface area contributed by atoms with Crippen LogP contribution in [0.5, 0.6) is 0 Å². The third-order valence-corrected chi connectivity index (χ3v) is 3.52. The van der Waals surface area contributed by atoms with Gasteiger partial charge in [-0.05, 0) is 45.2 Å². The van der Waals surface area contributed by atoms with Crippen molar-refractivity contribution < 1.29 is 0 Å². The fourth-order valence-corrected chi connectivity index (χ4v) is 2.35. The molecule has 11 N–H and O–H groups in total. The van der Waals surface area contributed by atoms with Gasteiger partial charge >= 0.3 is 0 Å². The molecule has 6 nitrogen and oxygen atoms in total. The van der Waals surface area contributed by atoms with Gasteiger partial charge in [-0.3, -0.25) is 5.32 Å². The van der Waals surface area contributed by atoms with Crippen LogP contribution in [0, 0.1) is 0 Å². The van der Waals surface area contributed by atoms with E-state index in [-0.39, 0.29) is 12.3 Å². The third kappa shape index (κ3) is 12.8. The zero-order valence-corrected chi connectivity index (χ0v) is 12.9. The SMILES string of the molecule is NCCCCCC(N)NC(CCN)CCCCC(N)N. The van der Waals surface area contributed by atoms with Crippen molar-refractivity contribution in [2.24, 2.45) is 28.7 Å². The van der Waals surface area contributed by atoms with Crippen LogP contribution in [0.4, 0.5) is 0 Å². The summed E-state index contributed by atoms with van der Waals surface area (Å²) in [5, 5.41) is 3.49. The second-order valence-electron chi connectivity index (χ2n) is 5.63. The average Bonchev–Trinajstić information content (AvgIpc) is 2.39. The first kappa shape index (κ1) is 19.8. The van der Waals surface area contributed by atoms with Crippen LogP contribution in [0.15, 0.2) is 0 Å². The van der Waals surface area contributed by atoms with Crippen molar-refractivity contribution in [3.8, 4) is 0 Å². The molecule has 2 atom stereocenters. The minimum atomic E-state index is -0.194. The summed E-state index contributed by atoms with van der Waals surface area (Å²) in [6.45, 7) is 1.45. The molecule has 20 heavy (non-hydrogen) atoms. The van der Waals surface area contributed by atoms with Crippen molar-refractivity contribution in [2.45, 2.75) is 76.2 Å². The molecular weight excluding hydrogens is 252 g/mol. The van der Waals surface area contributed by atoms with E-state index in [4.69, 9.17) is 28.7 Å². The van der Waals surface area contributed by atoms with Gasteiger partial charge in [0.15, 0.2) is 0 Å². The molecule has 0 fully saturated rings. The number of rotatable bonds is 14. The molecule has 0 aliphatic carbocycles. The highest BCUT2D eigenvalue weighted by Gasteiger charge is 2.11. The van der Waals surface area contributed by atoms with Crippen molar-refractivity contribution in [3.05, 3.63) is 0 Å². The summed E-state index contributed by atoms with van der Waals surface area (Å²) in [6.07, 6.45) is 9.32. The van der Waals surface area contributed by atoms with Gasteiger partial charge in [-0.15, -0.1) is 0 Å². The highest BCUT2D eigenvalue weighted by Crippen LogP contribution is 2.08. The van der Waals surface area contributed by atoms with Gasteiger partial charge in [-0.25, -0.2) is 0 Å². The maximum atomic E-state index is 6.12. The molecule has 0 saturated heterocycles. The Kier molecular flexibility index (Phi) is 13.6. The van der Waals surface area contributed by atoms with E-state index in [1.165, 1.54) is 0 Å². The van der Waals surface area contributed by atoms with Gasteiger partial charge in [0.05, 0.1) is 12.3 Å². The van der Waals surface area contributed by atoms with Crippen LogP contribution in [-0.4, -0.2) is 31.5 Å². The van der Waals surface area contributed by atoms with Gasteiger partial charge in [0.25, 0.3) is 0 Å². The Morgan fingerprint density at radius 1 is 0.650 bits per heavy atom. The van der Waals surface area contributed by atoms with Gasteiger partial charge in [-0.2, -0.15) is 0 Å². The van der Waals surface area contributed by atoms with Crippen LogP contribution in [0.3, 0.4) is 0 Å². The van der Waals surface area contributed by atoms with Crippen LogP contribution in [0.2, 0.25) is 0 Å². The van der Waals surface area contributed by atoms with Crippen LogP contribution in [0.25, 0.3) is 0 Å². The van der Waals surface area contributed by atoms with Crippen molar-refractivity contribution in [1.29, 1.82) is 0 Å². The first-order chi connectivity index (χ1) is 9.60. The Balaban J connectivity index is 3.75. The molecule has 0 aromatic carbocycles. The molecule has 0 rings (SSSR count). The van der Waals surface area contributed by atoms with Crippen LogP contribution >= 0.6 is 0 Å². The topological polar surface area (TPSA) is 142 Å². The Labute approximate surface area is 124 Å². The van der Waals surface area contributed by atoms with E-state index in [1.54, 1.807) is 0 Å². The maximum Gasteiger partial charge on any atom is 0.0548 e. The lowest BCUT2D eigenvalue weighted by Gasteiger charge is -2.23. The minimum absolute atomic E-state index is 0.0566. The maximum absolute atomic E-state index is 6.12. The summed E-state index contributed by atoms with van der Waals surface area (Å²) in [6, 6.07) is 0.401. The predicted octanol–water partition coefficient (Wildman–Crippen LogP) is -0.0988. The number of hydrogen-bond acceptors (Lipinski definition) is 6. The summed E-state index contributed by atoms with van der Waals surface area (Å²) in [5.74, 6) is 0. The zero-order chi connectivity index (χ0) is 15.2. The minimum Gasteiger partial charge on any atom is -0.330 e. The first-order valence-electron chi connectivity index (χ1n) is 8.03. The van der Waals surface area contributed by atoms with Gasteiger partial charge in [0, 0.05) is 6.04 Å². The van der Waals surface area contributed by atoms with Crippen molar-refractivity contribution in [3.63, 3.8) is 0 Å². The fraction of sp³-hybridized carbons (Fsp3) is 1.00. The standard InChI is InChI=1S/C14H36N6/c15-10-5-1-2-8-14(19)20-12(9-11-16)6-3-4-7-13(17)18/h12-14,20H,1-11,15-19H2. The zero-order valence-electron chi connectivity index (χ0n) is 12.9. The van der Waals surface area contributed by atoms with Gasteiger partial charge in [-0.1, -0.05) is 25.7 Å². The summed E-state index contributed by atoms with van der Waals surface area (Å²) < 4.78 is 0. The summed E-state index contributed by atoms with van der Waals surface area (Å²) >= 11 is 0. The molecule has 0 amide bonds. The molecule has 122 valence electrons. The summed E-state index contributed by atoms with van der Waals surface area (Å²) in [7, 11) is 0. The van der Waals surface area contributed by atoms with Crippen LogP contribution in [0.1, 0.15) is 57.8 Å². The Bertz CT molecular complexity index is 200. The first-order valence-corrected chi connectivity index (χ1v) is 8.03. The van der Waals surface area contributed by atoms with Crippen LogP contribution in [-0.2, 0) is 0 Å². The molecule has 0 radical (unpaired) electrons. The summed E-state index contributed by atoms with van der Waals surface area (Å²) in [4.78, 5) is 0. The Hall–Kier alpha value is -0.240. The molecule has 0 aromatic rings. The van der Waals surface area contributed by atoms with E-state index in [1.807, 2.05) is 0 Å². The van der Waals surface area contributed by atoms with E-state index in [2.05, 4.69) is 5.32 Å². The van der Waals surface area contributed by atoms with Crippen molar-refractivity contribution in [2.75, 3.05) is 13.1 Å². The smallest absolute Gasteiger partial charge is 0.0548 e. The molecule has 0 spiro atoms. The van der Waals surface area contributed by atoms with E-state index >= 15 is 0 Å². The number of nitrogens with two attached hydrogens (primary N) is 5. The molecule has 0 heterocycles. The molecule has 0 aliphatic heterocycles. The van der Waals surface area contributed by atoms with Crippen molar-refractivity contribution in [1.82, 2.24) is 5.32 Å². The normalized spacial score (nSPS) is 14.7. The number of hydrogen-bond donors (Lipinski definition) is 6. The molecule has 0 bridgehead atoms. The highest BCUT2D eigenvalue weighted by molar-refractivity contribution is 4.72. The van der Waals surface area contributed by atoms with Crippen LogP contribution < -0.4 is 34.0 Å². The molecule has 0 aliphatic rings. The van der Waals surface area contributed by atoms with E-state index < -0.39 is 0 Å². The number of unbranched alkanes of at least 4 members (excludes halogenated alkanes) is 3. The van der Waals surface area contributed by atoms with Gasteiger partial charge < -0.3 is 28.7 Å². The Morgan fingerprint density at radius 3 is 1.90 bits per heavy atom. The lowest BCUT2D eigenvalue weighted by Crippen LogP contribution is -2.44. The molecule has 6 heteroatoms. The number of nitrogens with one attached hydrogen (secondary N) is 1. The second-order valence-corrected chi connectivity index (χ2v) is 5.63. The summed E-state index contributed by atoms with van der Waals surface area (Å²) in [5.41, 5.74) is 28.3. The largest absolute Gasteiger partial charge is 0.330 e. The van der Waals surface area contributed by atoms with Crippen molar-refractivity contribution >= 4 is 0 Å². The molecular formula is C14H36N6. The fourth-order valence-electron chi connectivity index (χ4n) is 2.35. The third-order valence-electron chi connectivity index (χ3n) is 3.52. The molecule has 0 aromatic heterocycles. The quantitative estimate of drug-likeness (QED) is 0.195. The lowest BCUT2D eigenvalue weighted by molar-refractivity contribution is 0.363. The van der Waals surface area contributed by atoms with E-state index in [9.17, 15) is 0 Å². The molecule has 0 saturated carbocycles. The van der Waals surface area contributed by atoms with E-state index in [0.29, 0.717) is 12.6 Å².